The standard InChI is InChI=1S/C18H16N4OS/c23-18(16-10-14-3-1-2-4-15(14)24-16)21-11-13-5-6-20-17(9-13)22-8-7-19-12-22/h1-9,12,16H,10-11H2,(H,21,23). The molecule has 0 spiro atoms. The quantitative estimate of drug-likeness (QED) is 0.796. The molecule has 4 rings (SSSR count). The van der Waals surface area contributed by atoms with Gasteiger partial charge in [-0.3, -0.25) is 9.36 Å². The Kier molecular flexibility index (Phi) is 4.04. The second-order valence-electron chi connectivity index (χ2n) is 5.63. The summed E-state index contributed by atoms with van der Waals surface area (Å²) < 4.78 is 1.84. The van der Waals surface area contributed by atoms with E-state index in [1.807, 2.05) is 35.0 Å². The van der Waals surface area contributed by atoms with E-state index in [1.54, 1.807) is 30.5 Å². The maximum atomic E-state index is 12.4. The number of hydrogen-bond donors (Lipinski definition) is 1. The maximum absolute atomic E-state index is 12.4. The van der Waals surface area contributed by atoms with Gasteiger partial charge >= 0.3 is 0 Å². The Hall–Kier alpha value is -2.60. The molecule has 0 fully saturated rings. The Morgan fingerprint density at radius 2 is 2.21 bits per heavy atom. The van der Waals surface area contributed by atoms with Gasteiger partial charge in [0.1, 0.15) is 12.1 Å². The van der Waals surface area contributed by atoms with Gasteiger partial charge in [-0.25, -0.2) is 9.97 Å². The minimum absolute atomic E-state index is 0.0441. The van der Waals surface area contributed by atoms with Gasteiger partial charge in [0.25, 0.3) is 0 Å². The van der Waals surface area contributed by atoms with Crippen molar-refractivity contribution in [1.82, 2.24) is 19.9 Å². The lowest BCUT2D eigenvalue weighted by Gasteiger charge is -2.10. The molecule has 0 aliphatic carbocycles. The Morgan fingerprint density at radius 1 is 1.29 bits per heavy atom. The summed E-state index contributed by atoms with van der Waals surface area (Å²) in [6.45, 7) is 0.496. The molecule has 1 unspecified atom stereocenters. The fourth-order valence-corrected chi connectivity index (χ4v) is 3.96. The minimum atomic E-state index is -0.0441. The summed E-state index contributed by atoms with van der Waals surface area (Å²) in [4.78, 5) is 22.0. The number of fused-ring (bicyclic) bond motifs is 1. The predicted octanol–water partition coefficient (Wildman–Crippen LogP) is 2.60. The summed E-state index contributed by atoms with van der Waals surface area (Å²) in [5, 5.41) is 2.99. The molecule has 1 amide bonds. The van der Waals surface area contributed by atoms with E-state index in [1.165, 1.54) is 10.5 Å². The molecule has 6 heteroatoms. The number of rotatable bonds is 4. The molecule has 120 valence electrons. The average Bonchev–Trinajstić information content (AvgIpc) is 3.29. The van der Waals surface area contributed by atoms with Crippen molar-refractivity contribution in [2.75, 3.05) is 0 Å². The lowest BCUT2D eigenvalue weighted by molar-refractivity contribution is -0.120. The highest BCUT2D eigenvalue weighted by Gasteiger charge is 2.27. The molecular weight excluding hydrogens is 320 g/mol. The van der Waals surface area contributed by atoms with E-state index in [2.05, 4.69) is 27.4 Å². The van der Waals surface area contributed by atoms with Crippen molar-refractivity contribution >= 4 is 17.7 Å². The molecule has 3 aromatic rings. The first-order valence-corrected chi connectivity index (χ1v) is 8.63. The first kappa shape index (κ1) is 15.0. The van der Waals surface area contributed by atoms with Crippen molar-refractivity contribution in [2.24, 2.45) is 0 Å². The molecule has 24 heavy (non-hydrogen) atoms. The fourth-order valence-electron chi connectivity index (χ4n) is 2.74. The van der Waals surface area contributed by atoms with Crippen molar-refractivity contribution < 1.29 is 4.79 Å². The van der Waals surface area contributed by atoms with Gasteiger partial charge < -0.3 is 5.32 Å². The van der Waals surface area contributed by atoms with E-state index in [-0.39, 0.29) is 11.2 Å². The molecule has 3 heterocycles. The SMILES string of the molecule is O=C(NCc1ccnc(-n2ccnc2)c1)C1Cc2ccccc2S1. The lowest BCUT2D eigenvalue weighted by atomic mass is 10.1. The highest BCUT2D eigenvalue weighted by molar-refractivity contribution is 8.01. The van der Waals surface area contributed by atoms with E-state index in [0.29, 0.717) is 6.54 Å². The summed E-state index contributed by atoms with van der Waals surface area (Å²) in [6, 6.07) is 12.1. The topological polar surface area (TPSA) is 59.8 Å². The van der Waals surface area contributed by atoms with Crippen LogP contribution in [0.2, 0.25) is 0 Å². The molecule has 1 aliphatic rings. The molecule has 1 N–H and O–H groups in total. The van der Waals surface area contributed by atoms with E-state index in [4.69, 9.17) is 0 Å². The third-order valence-corrected chi connectivity index (χ3v) is 5.30. The van der Waals surface area contributed by atoms with Gasteiger partial charge in [0.05, 0.1) is 5.25 Å². The van der Waals surface area contributed by atoms with Crippen LogP contribution >= 0.6 is 11.8 Å². The van der Waals surface area contributed by atoms with Crippen molar-refractivity contribution in [2.45, 2.75) is 23.1 Å². The second-order valence-corrected chi connectivity index (χ2v) is 6.87. The van der Waals surface area contributed by atoms with Crippen LogP contribution in [-0.2, 0) is 17.8 Å². The monoisotopic (exact) mass is 336 g/mol. The molecule has 5 nitrogen and oxygen atoms in total. The number of amides is 1. The lowest BCUT2D eigenvalue weighted by Crippen LogP contribution is -2.32. The van der Waals surface area contributed by atoms with Gasteiger partial charge in [-0.05, 0) is 35.7 Å². The predicted molar refractivity (Wildman–Crippen MR) is 93.0 cm³/mol. The van der Waals surface area contributed by atoms with Crippen LogP contribution in [0.3, 0.4) is 0 Å². The fraction of sp³-hybridized carbons (Fsp3) is 0.167. The summed E-state index contributed by atoms with van der Waals surface area (Å²) in [5.41, 5.74) is 2.27. The zero-order valence-corrected chi connectivity index (χ0v) is 13.7. The van der Waals surface area contributed by atoms with Crippen LogP contribution in [0.5, 0.6) is 0 Å². The molecule has 1 atom stereocenters. The van der Waals surface area contributed by atoms with E-state index in [0.717, 1.165) is 17.8 Å². The van der Waals surface area contributed by atoms with Gasteiger partial charge in [0.15, 0.2) is 0 Å². The summed E-state index contributed by atoms with van der Waals surface area (Å²) in [6.07, 6.45) is 7.81. The van der Waals surface area contributed by atoms with E-state index >= 15 is 0 Å². The Balaban J connectivity index is 1.39. The van der Waals surface area contributed by atoms with E-state index in [9.17, 15) is 4.79 Å². The number of nitrogens with zero attached hydrogens (tertiary/aromatic N) is 3. The molecule has 0 bridgehead atoms. The third kappa shape index (κ3) is 3.05. The van der Waals surface area contributed by atoms with Crippen molar-refractivity contribution in [3.05, 3.63) is 72.4 Å². The molecule has 2 aromatic heterocycles. The van der Waals surface area contributed by atoms with Gasteiger partial charge in [-0.15, -0.1) is 11.8 Å². The highest BCUT2D eigenvalue weighted by atomic mass is 32.2. The molecule has 1 aromatic carbocycles. The van der Waals surface area contributed by atoms with Gasteiger partial charge in [-0.2, -0.15) is 0 Å². The number of imidazole rings is 1. The van der Waals surface area contributed by atoms with Crippen LogP contribution in [0.25, 0.3) is 5.82 Å². The third-order valence-electron chi connectivity index (χ3n) is 3.99. The molecule has 1 aliphatic heterocycles. The first-order chi connectivity index (χ1) is 11.8. The van der Waals surface area contributed by atoms with Crippen LogP contribution in [0, 0.1) is 0 Å². The van der Waals surface area contributed by atoms with Crippen molar-refractivity contribution in [3.8, 4) is 5.82 Å². The van der Waals surface area contributed by atoms with Crippen molar-refractivity contribution in [1.29, 1.82) is 0 Å². The number of benzene rings is 1. The number of pyridine rings is 1. The van der Waals surface area contributed by atoms with Gasteiger partial charge in [-0.1, -0.05) is 18.2 Å². The van der Waals surface area contributed by atoms with Crippen LogP contribution in [0.1, 0.15) is 11.1 Å². The van der Waals surface area contributed by atoms with Gasteiger partial charge in [0, 0.05) is 30.0 Å². The van der Waals surface area contributed by atoms with Gasteiger partial charge in [0.2, 0.25) is 5.91 Å². The normalized spacial score (nSPS) is 15.9. The van der Waals surface area contributed by atoms with Crippen molar-refractivity contribution in [3.63, 3.8) is 0 Å². The zero-order valence-electron chi connectivity index (χ0n) is 12.9. The average molecular weight is 336 g/mol. The van der Waals surface area contributed by atoms with E-state index < -0.39 is 0 Å². The maximum Gasteiger partial charge on any atom is 0.234 e. The van der Waals surface area contributed by atoms with Crippen LogP contribution in [-0.4, -0.2) is 25.7 Å². The number of carbonyl (C=O) groups is 1. The van der Waals surface area contributed by atoms with Crippen LogP contribution < -0.4 is 5.32 Å². The summed E-state index contributed by atoms with van der Waals surface area (Å²) >= 11 is 1.64. The van der Waals surface area contributed by atoms with Crippen LogP contribution in [0.15, 0.2) is 66.2 Å². The second kappa shape index (κ2) is 6.49. The minimum Gasteiger partial charge on any atom is -0.351 e. The molecular formula is C18H16N4OS. The number of nitrogens with one attached hydrogen (secondary N) is 1. The molecule has 0 saturated carbocycles. The number of hydrogen-bond acceptors (Lipinski definition) is 4. The summed E-state index contributed by atoms with van der Waals surface area (Å²) in [7, 11) is 0. The van der Waals surface area contributed by atoms with Crippen LogP contribution in [0.4, 0.5) is 0 Å². The smallest absolute Gasteiger partial charge is 0.234 e. The highest BCUT2D eigenvalue weighted by Crippen LogP contribution is 2.36. The summed E-state index contributed by atoms with van der Waals surface area (Å²) in [5.74, 6) is 0.874. The zero-order chi connectivity index (χ0) is 16.4. The Bertz CT molecular complexity index is 838. The molecule has 0 saturated heterocycles. The Labute approximate surface area is 144 Å². The largest absolute Gasteiger partial charge is 0.351 e. The number of aromatic nitrogens is 3. The Morgan fingerprint density at radius 3 is 3.04 bits per heavy atom. The molecule has 0 radical (unpaired) electrons. The first-order valence-electron chi connectivity index (χ1n) is 7.75. The number of thioether (sulfide) groups is 1. The number of carbonyl (C=O) groups excluding carboxylic acids is 1.